The van der Waals surface area contributed by atoms with Crippen molar-refractivity contribution in [3.8, 4) is 11.5 Å². The van der Waals surface area contributed by atoms with Gasteiger partial charge in [0.25, 0.3) is 0 Å². The van der Waals surface area contributed by atoms with Crippen molar-refractivity contribution in [3.05, 3.63) is 93.5 Å². The SMILES string of the molecule is COc1cc(C=Nc2ccc(C(=O)O)cc2)cc(Cl)c1OC(=O)/C=C/c1ccc(Cl)cc1. The summed E-state index contributed by atoms with van der Waals surface area (Å²) in [4.78, 5) is 27.4. The summed E-state index contributed by atoms with van der Waals surface area (Å²) in [6, 6.07) is 16.2. The fourth-order valence-electron chi connectivity index (χ4n) is 2.63. The molecule has 0 saturated heterocycles. The second kappa shape index (κ2) is 10.6. The third-order valence-corrected chi connectivity index (χ3v) is 4.75. The number of carbonyl (C=O) groups is 2. The monoisotopic (exact) mass is 469 g/mol. The van der Waals surface area contributed by atoms with Gasteiger partial charge >= 0.3 is 11.9 Å². The zero-order valence-corrected chi connectivity index (χ0v) is 18.3. The number of halogens is 2. The standard InChI is InChI=1S/C24H17Cl2NO5/c1-31-21-13-16(14-27-19-9-5-17(6-10-19)24(29)30)12-20(26)23(21)32-22(28)11-4-15-2-7-18(25)8-3-15/h2-14H,1H3,(H,29,30)/b11-4+,27-14?. The topological polar surface area (TPSA) is 85.2 Å². The summed E-state index contributed by atoms with van der Waals surface area (Å²) in [6.45, 7) is 0. The van der Waals surface area contributed by atoms with Gasteiger partial charge in [-0.2, -0.15) is 0 Å². The Morgan fingerprint density at radius 1 is 0.969 bits per heavy atom. The number of hydrogen-bond acceptors (Lipinski definition) is 5. The Labute approximate surface area is 194 Å². The molecule has 162 valence electrons. The molecule has 0 aromatic heterocycles. The van der Waals surface area contributed by atoms with Crippen LogP contribution in [0.15, 0.2) is 71.7 Å². The number of benzene rings is 3. The molecule has 0 unspecified atom stereocenters. The molecule has 32 heavy (non-hydrogen) atoms. The van der Waals surface area contributed by atoms with Gasteiger partial charge < -0.3 is 14.6 Å². The Kier molecular flexibility index (Phi) is 7.65. The predicted octanol–water partition coefficient (Wildman–Crippen LogP) is 6.07. The van der Waals surface area contributed by atoms with E-state index < -0.39 is 11.9 Å². The normalized spacial score (nSPS) is 11.1. The number of carboxylic acids is 1. The molecule has 1 N–H and O–H groups in total. The molecule has 0 atom stereocenters. The quantitative estimate of drug-likeness (QED) is 0.196. The lowest BCUT2D eigenvalue weighted by Gasteiger charge is -2.11. The summed E-state index contributed by atoms with van der Waals surface area (Å²) in [5, 5.41) is 9.72. The minimum absolute atomic E-state index is 0.0860. The molecular formula is C24H17Cl2NO5. The maximum absolute atomic E-state index is 12.2. The highest BCUT2D eigenvalue weighted by Crippen LogP contribution is 2.36. The number of aliphatic imine (C=N–C) groups is 1. The summed E-state index contributed by atoms with van der Waals surface area (Å²) in [5.41, 5.74) is 2.12. The molecule has 0 heterocycles. The van der Waals surface area contributed by atoms with E-state index in [1.165, 1.54) is 31.5 Å². The Morgan fingerprint density at radius 2 is 1.66 bits per heavy atom. The van der Waals surface area contributed by atoms with E-state index in [0.29, 0.717) is 16.3 Å². The van der Waals surface area contributed by atoms with Crippen molar-refractivity contribution < 1.29 is 24.2 Å². The van der Waals surface area contributed by atoms with Crippen LogP contribution in [0.2, 0.25) is 10.0 Å². The van der Waals surface area contributed by atoms with Gasteiger partial charge in [0.1, 0.15) is 0 Å². The average molecular weight is 470 g/mol. The van der Waals surface area contributed by atoms with E-state index in [1.807, 2.05) is 0 Å². The molecule has 8 heteroatoms. The van der Waals surface area contributed by atoms with Gasteiger partial charge in [-0.15, -0.1) is 0 Å². The fourth-order valence-corrected chi connectivity index (χ4v) is 3.01. The lowest BCUT2D eigenvalue weighted by atomic mass is 10.2. The molecule has 6 nitrogen and oxygen atoms in total. The number of hydrogen-bond donors (Lipinski definition) is 1. The largest absolute Gasteiger partial charge is 0.493 e. The number of esters is 1. The van der Waals surface area contributed by atoms with Crippen LogP contribution in [0.5, 0.6) is 11.5 Å². The van der Waals surface area contributed by atoms with E-state index in [-0.39, 0.29) is 22.1 Å². The third kappa shape index (κ3) is 6.20. The second-order valence-corrected chi connectivity index (χ2v) is 7.29. The zero-order chi connectivity index (χ0) is 23.1. The van der Waals surface area contributed by atoms with E-state index in [1.54, 1.807) is 54.6 Å². The number of rotatable bonds is 7. The molecule has 0 radical (unpaired) electrons. The molecule has 3 rings (SSSR count). The smallest absolute Gasteiger partial charge is 0.336 e. The van der Waals surface area contributed by atoms with Crippen molar-refractivity contribution in [2.24, 2.45) is 4.99 Å². The summed E-state index contributed by atoms with van der Waals surface area (Å²) in [6.07, 6.45) is 4.40. The molecule has 0 saturated carbocycles. The highest BCUT2D eigenvalue weighted by Gasteiger charge is 2.14. The van der Waals surface area contributed by atoms with Crippen molar-refractivity contribution in [1.82, 2.24) is 0 Å². The van der Waals surface area contributed by atoms with Crippen molar-refractivity contribution >= 4 is 53.1 Å². The third-order valence-electron chi connectivity index (χ3n) is 4.21. The van der Waals surface area contributed by atoms with Crippen LogP contribution >= 0.6 is 23.2 Å². The number of aromatic carboxylic acids is 1. The molecular weight excluding hydrogens is 453 g/mol. The summed E-state index contributed by atoms with van der Waals surface area (Å²) < 4.78 is 10.7. The molecule has 0 aliphatic heterocycles. The molecule has 3 aromatic rings. The first-order chi connectivity index (χ1) is 15.4. The van der Waals surface area contributed by atoms with Crippen molar-refractivity contribution in [2.75, 3.05) is 7.11 Å². The van der Waals surface area contributed by atoms with E-state index in [2.05, 4.69) is 4.99 Å². The van der Waals surface area contributed by atoms with E-state index in [4.69, 9.17) is 37.8 Å². The number of carboxylic acid groups (broad SMARTS) is 1. The number of carbonyl (C=O) groups excluding carboxylic acids is 1. The number of ether oxygens (including phenoxy) is 2. The molecule has 0 aliphatic carbocycles. The van der Waals surface area contributed by atoms with Gasteiger partial charge in [-0.25, -0.2) is 9.59 Å². The zero-order valence-electron chi connectivity index (χ0n) is 16.8. The highest BCUT2D eigenvalue weighted by atomic mass is 35.5. The van der Waals surface area contributed by atoms with Gasteiger partial charge in [0.15, 0.2) is 11.5 Å². The van der Waals surface area contributed by atoms with Gasteiger partial charge in [0.05, 0.1) is 23.4 Å². The van der Waals surface area contributed by atoms with Crippen molar-refractivity contribution in [3.63, 3.8) is 0 Å². The summed E-state index contributed by atoms with van der Waals surface area (Å²) in [5.74, 6) is -1.29. The molecule has 0 bridgehead atoms. The second-order valence-electron chi connectivity index (χ2n) is 6.45. The van der Waals surface area contributed by atoms with Crippen LogP contribution in [0.3, 0.4) is 0 Å². The maximum atomic E-state index is 12.2. The van der Waals surface area contributed by atoms with E-state index >= 15 is 0 Å². The molecule has 0 aliphatic rings. The Morgan fingerprint density at radius 3 is 2.28 bits per heavy atom. The number of nitrogens with zero attached hydrogens (tertiary/aromatic N) is 1. The molecule has 3 aromatic carbocycles. The lowest BCUT2D eigenvalue weighted by Crippen LogP contribution is -2.06. The van der Waals surface area contributed by atoms with Gasteiger partial charge in [-0.3, -0.25) is 4.99 Å². The molecule has 0 fully saturated rings. The van der Waals surface area contributed by atoms with Crippen LogP contribution in [-0.4, -0.2) is 30.4 Å². The summed E-state index contributed by atoms with van der Waals surface area (Å²) >= 11 is 12.2. The lowest BCUT2D eigenvalue weighted by molar-refractivity contribution is -0.129. The van der Waals surface area contributed by atoms with Gasteiger partial charge in [-0.1, -0.05) is 35.3 Å². The maximum Gasteiger partial charge on any atom is 0.336 e. The molecule has 0 amide bonds. The van der Waals surface area contributed by atoms with Crippen molar-refractivity contribution in [2.45, 2.75) is 0 Å². The predicted molar refractivity (Wildman–Crippen MR) is 125 cm³/mol. The Bertz CT molecular complexity index is 1190. The van der Waals surface area contributed by atoms with E-state index in [9.17, 15) is 9.59 Å². The first-order valence-corrected chi connectivity index (χ1v) is 10.0. The number of methoxy groups -OCH3 is 1. The van der Waals surface area contributed by atoms with Crippen LogP contribution in [-0.2, 0) is 4.79 Å². The van der Waals surface area contributed by atoms with Crippen molar-refractivity contribution in [1.29, 1.82) is 0 Å². The first-order valence-electron chi connectivity index (χ1n) is 9.26. The average Bonchev–Trinajstić information content (AvgIpc) is 2.79. The Hall–Kier alpha value is -3.61. The first kappa shape index (κ1) is 23.1. The van der Waals surface area contributed by atoms with E-state index in [0.717, 1.165) is 5.56 Å². The Balaban J connectivity index is 1.74. The van der Waals surface area contributed by atoms with Crippen LogP contribution in [0.25, 0.3) is 6.08 Å². The van der Waals surface area contributed by atoms with Crippen LogP contribution < -0.4 is 9.47 Å². The summed E-state index contributed by atoms with van der Waals surface area (Å²) in [7, 11) is 1.43. The van der Waals surface area contributed by atoms with Gasteiger partial charge in [0, 0.05) is 17.3 Å². The van der Waals surface area contributed by atoms with Crippen LogP contribution in [0.1, 0.15) is 21.5 Å². The van der Waals surface area contributed by atoms with Crippen LogP contribution in [0.4, 0.5) is 5.69 Å². The minimum Gasteiger partial charge on any atom is -0.493 e. The molecule has 0 spiro atoms. The van der Waals surface area contributed by atoms with Gasteiger partial charge in [0.2, 0.25) is 0 Å². The van der Waals surface area contributed by atoms with Crippen LogP contribution in [0, 0.1) is 0 Å². The highest BCUT2D eigenvalue weighted by molar-refractivity contribution is 6.32. The van der Waals surface area contributed by atoms with Gasteiger partial charge in [-0.05, 0) is 65.7 Å². The fraction of sp³-hybridized carbons (Fsp3) is 0.0417. The minimum atomic E-state index is -1.01.